The Hall–Kier alpha value is -3.29. The fraction of sp³-hybridized carbons (Fsp3) is 0.292. The highest BCUT2D eigenvalue weighted by molar-refractivity contribution is 6.00. The Bertz CT molecular complexity index is 1140. The first-order valence-electron chi connectivity index (χ1n) is 9.94. The summed E-state index contributed by atoms with van der Waals surface area (Å²) < 4.78 is 15.8. The molecule has 0 aliphatic carbocycles. The number of ether oxygens (including phenoxy) is 3. The number of aliphatic hydroxyl groups excluding tert-OH is 1. The molecule has 1 aliphatic rings. The van der Waals surface area contributed by atoms with Crippen molar-refractivity contribution in [1.82, 2.24) is 4.90 Å². The van der Waals surface area contributed by atoms with Crippen molar-refractivity contribution in [2.75, 3.05) is 27.9 Å². The second kappa shape index (κ2) is 8.45. The van der Waals surface area contributed by atoms with Gasteiger partial charge in [-0.25, -0.2) is 4.79 Å². The van der Waals surface area contributed by atoms with Gasteiger partial charge in [-0.1, -0.05) is 24.3 Å². The quantitative estimate of drug-likeness (QED) is 0.608. The molecular weight excluding hydrogens is 398 g/mol. The predicted molar refractivity (Wildman–Crippen MR) is 116 cm³/mol. The van der Waals surface area contributed by atoms with Crippen LogP contribution >= 0.6 is 0 Å². The summed E-state index contributed by atoms with van der Waals surface area (Å²) in [7, 11) is 4.45. The summed E-state index contributed by atoms with van der Waals surface area (Å²) in [5.41, 5.74) is 2.29. The van der Waals surface area contributed by atoms with Crippen LogP contribution in [-0.4, -0.2) is 49.0 Å². The molecule has 0 amide bonds. The molecule has 0 aromatic heterocycles. The number of aromatic hydroxyl groups is 1. The normalized spacial score (nSPS) is 16.1. The van der Waals surface area contributed by atoms with Crippen molar-refractivity contribution in [2.24, 2.45) is 0 Å². The van der Waals surface area contributed by atoms with Gasteiger partial charge >= 0.3 is 5.97 Å². The van der Waals surface area contributed by atoms with Crippen molar-refractivity contribution in [3.8, 4) is 17.2 Å². The number of β-amino-alcohol motifs (C(OH)–C–C–N with tert-alkyl or cyclic N) is 1. The third-order valence-corrected chi connectivity index (χ3v) is 5.77. The van der Waals surface area contributed by atoms with Gasteiger partial charge in [0.2, 0.25) is 0 Å². The Balaban J connectivity index is 1.77. The molecule has 0 saturated heterocycles. The number of carbonyl (C=O) groups is 1. The molecule has 4 rings (SSSR count). The van der Waals surface area contributed by atoms with Crippen molar-refractivity contribution in [1.29, 1.82) is 0 Å². The number of phenolic OH excluding ortho intramolecular Hbond substituents is 1. The molecule has 31 heavy (non-hydrogen) atoms. The van der Waals surface area contributed by atoms with Crippen molar-refractivity contribution < 1.29 is 29.2 Å². The molecule has 2 N–H and O–H groups in total. The van der Waals surface area contributed by atoms with Gasteiger partial charge in [-0.15, -0.1) is 0 Å². The van der Waals surface area contributed by atoms with Crippen LogP contribution in [0.4, 0.5) is 0 Å². The summed E-state index contributed by atoms with van der Waals surface area (Å²) >= 11 is 0. The Kier molecular flexibility index (Phi) is 5.71. The van der Waals surface area contributed by atoms with Crippen LogP contribution in [0.15, 0.2) is 42.5 Å². The van der Waals surface area contributed by atoms with Crippen LogP contribution in [0.1, 0.15) is 33.2 Å². The van der Waals surface area contributed by atoms with Gasteiger partial charge in [0.1, 0.15) is 22.8 Å². The molecule has 0 radical (unpaired) electrons. The van der Waals surface area contributed by atoms with E-state index < -0.39 is 12.1 Å². The molecule has 1 aliphatic heterocycles. The maximum atomic E-state index is 12.2. The summed E-state index contributed by atoms with van der Waals surface area (Å²) in [6.45, 7) is 1.16. The van der Waals surface area contributed by atoms with E-state index in [0.717, 1.165) is 21.9 Å². The minimum Gasteiger partial charge on any atom is -0.507 e. The SMILES string of the molecule is COC(=O)c1cc2ccccc2c(CN2Cc3c(OC)ccc(OC)c3[C@H](O)C2)c1O. The number of carbonyl (C=O) groups excluding carboxylic acids is 1. The number of hydrogen-bond donors (Lipinski definition) is 2. The average Bonchev–Trinajstić information content (AvgIpc) is 2.79. The van der Waals surface area contributed by atoms with Gasteiger partial charge in [-0.05, 0) is 29.0 Å². The van der Waals surface area contributed by atoms with Gasteiger partial charge in [-0.2, -0.15) is 0 Å². The van der Waals surface area contributed by atoms with Crippen molar-refractivity contribution in [2.45, 2.75) is 19.2 Å². The number of aliphatic hydroxyl groups is 1. The number of esters is 1. The van der Waals surface area contributed by atoms with E-state index in [-0.39, 0.29) is 11.3 Å². The zero-order valence-electron chi connectivity index (χ0n) is 17.7. The molecule has 0 saturated carbocycles. The minimum absolute atomic E-state index is 0.108. The number of fused-ring (bicyclic) bond motifs is 2. The number of benzene rings is 3. The van der Waals surface area contributed by atoms with Crippen LogP contribution in [-0.2, 0) is 17.8 Å². The van der Waals surface area contributed by atoms with Crippen molar-refractivity contribution in [3.63, 3.8) is 0 Å². The Morgan fingerprint density at radius 2 is 1.81 bits per heavy atom. The summed E-state index contributed by atoms with van der Waals surface area (Å²) in [4.78, 5) is 14.2. The number of methoxy groups -OCH3 is 3. The molecular formula is C24H25NO6. The van der Waals surface area contributed by atoms with Gasteiger partial charge in [0.25, 0.3) is 0 Å². The first kappa shape index (κ1) is 21.0. The maximum absolute atomic E-state index is 12.2. The van der Waals surface area contributed by atoms with E-state index in [1.165, 1.54) is 7.11 Å². The standard InChI is InChI=1S/C24H25NO6/c1-29-20-8-9-21(30-2)22-18(20)12-25(13-19(22)26)11-17-15-7-5-4-6-14(15)10-16(23(17)27)24(28)31-3/h4-10,19,26-27H,11-13H2,1-3H3/t19-/m1/s1. The van der Waals surface area contributed by atoms with E-state index in [1.807, 2.05) is 35.2 Å². The molecule has 1 atom stereocenters. The van der Waals surface area contributed by atoms with Gasteiger partial charge in [0, 0.05) is 36.3 Å². The first-order chi connectivity index (χ1) is 15.0. The summed E-state index contributed by atoms with van der Waals surface area (Å²) in [6, 6.07) is 12.8. The molecule has 7 heteroatoms. The van der Waals surface area contributed by atoms with E-state index in [2.05, 4.69) is 0 Å². The molecule has 1 heterocycles. The zero-order valence-corrected chi connectivity index (χ0v) is 17.7. The molecule has 0 unspecified atom stereocenters. The third kappa shape index (κ3) is 3.66. The lowest BCUT2D eigenvalue weighted by Crippen LogP contribution is -2.34. The number of hydrogen-bond acceptors (Lipinski definition) is 7. The first-order valence-corrected chi connectivity index (χ1v) is 9.94. The molecule has 0 spiro atoms. The second-order valence-corrected chi connectivity index (χ2v) is 7.51. The van der Waals surface area contributed by atoms with E-state index in [9.17, 15) is 15.0 Å². The highest BCUT2D eigenvalue weighted by Gasteiger charge is 2.31. The Morgan fingerprint density at radius 3 is 2.52 bits per heavy atom. The molecule has 3 aromatic rings. The topological polar surface area (TPSA) is 88.5 Å². The van der Waals surface area contributed by atoms with Gasteiger partial charge in [-0.3, -0.25) is 4.90 Å². The van der Waals surface area contributed by atoms with Crippen LogP contribution in [0.2, 0.25) is 0 Å². The summed E-state index contributed by atoms with van der Waals surface area (Å²) in [5.74, 6) is 0.573. The van der Waals surface area contributed by atoms with Crippen molar-refractivity contribution in [3.05, 3.63) is 64.7 Å². The zero-order chi connectivity index (χ0) is 22.1. The third-order valence-electron chi connectivity index (χ3n) is 5.77. The average molecular weight is 423 g/mol. The van der Waals surface area contributed by atoms with E-state index in [1.54, 1.807) is 26.4 Å². The lowest BCUT2D eigenvalue weighted by molar-refractivity contribution is 0.0596. The molecule has 162 valence electrons. The van der Waals surface area contributed by atoms with Gasteiger partial charge in [0.05, 0.1) is 27.4 Å². The lowest BCUT2D eigenvalue weighted by atomic mass is 9.93. The van der Waals surface area contributed by atoms with Gasteiger partial charge in [0.15, 0.2) is 0 Å². The van der Waals surface area contributed by atoms with Gasteiger partial charge < -0.3 is 24.4 Å². The van der Waals surface area contributed by atoms with E-state index in [4.69, 9.17) is 14.2 Å². The largest absolute Gasteiger partial charge is 0.507 e. The van der Waals surface area contributed by atoms with Crippen molar-refractivity contribution >= 4 is 16.7 Å². The summed E-state index contributed by atoms with van der Waals surface area (Å²) in [6.07, 6.45) is -0.786. The second-order valence-electron chi connectivity index (χ2n) is 7.51. The molecule has 7 nitrogen and oxygen atoms in total. The maximum Gasteiger partial charge on any atom is 0.341 e. The Morgan fingerprint density at radius 1 is 1.10 bits per heavy atom. The minimum atomic E-state index is -0.786. The lowest BCUT2D eigenvalue weighted by Gasteiger charge is -2.34. The number of rotatable bonds is 5. The fourth-order valence-electron chi connectivity index (χ4n) is 4.33. The summed E-state index contributed by atoms with van der Waals surface area (Å²) in [5, 5.41) is 23.5. The van der Waals surface area contributed by atoms with Crippen LogP contribution in [0, 0.1) is 0 Å². The highest BCUT2D eigenvalue weighted by Crippen LogP contribution is 2.41. The molecule has 3 aromatic carbocycles. The van der Waals surface area contributed by atoms with Crippen LogP contribution in [0.3, 0.4) is 0 Å². The highest BCUT2D eigenvalue weighted by atomic mass is 16.5. The van der Waals surface area contributed by atoms with E-state index in [0.29, 0.717) is 36.7 Å². The Labute approximate surface area is 180 Å². The molecule has 0 bridgehead atoms. The smallest absolute Gasteiger partial charge is 0.341 e. The molecule has 0 fully saturated rings. The number of nitrogens with zero attached hydrogens (tertiary/aromatic N) is 1. The van der Waals surface area contributed by atoms with Crippen LogP contribution in [0.5, 0.6) is 17.2 Å². The predicted octanol–water partition coefficient (Wildman–Crippen LogP) is 3.40. The monoisotopic (exact) mass is 423 g/mol. The van der Waals surface area contributed by atoms with Crippen LogP contribution < -0.4 is 9.47 Å². The fourth-order valence-corrected chi connectivity index (χ4v) is 4.33. The number of phenols is 1. The van der Waals surface area contributed by atoms with E-state index >= 15 is 0 Å². The van der Waals surface area contributed by atoms with Crippen LogP contribution in [0.25, 0.3) is 10.8 Å².